The molecule has 0 radical (unpaired) electrons. The highest BCUT2D eigenvalue weighted by Crippen LogP contribution is 2.31. The molecule has 2 aromatic heterocycles. The van der Waals surface area contributed by atoms with Crippen LogP contribution in [0.2, 0.25) is 0 Å². The van der Waals surface area contributed by atoms with Gasteiger partial charge in [-0.25, -0.2) is 15.0 Å². The van der Waals surface area contributed by atoms with Crippen molar-refractivity contribution in [2.45, 2.75) is 46.6 Å². The summed E-state index contributed by atoms with van der Waals surface area (Å²) in [5, 5.41) is 3.49. The number of fused-ring (bicyclic) bond motifs is 1. The zero-order valence-corrected chi connectivity index (χ0v) is 21.2. The van der Waals surface area contributed by atoms with Crippen LogP contribution in [0.4, 0.5) is 11.8 Å². The van der Waals surface area contributed by atoms with Crippen LogP contribution in [0.1, 0.15) is 46.6 Å². The number of anilines is 2. The van der Waals surface area contributed by atoms with E-state index in [1.165, 1.54) is 0 Å². The maximum atomic E-state index is 13.1. The monoisotopic (exact) mass is 472 g/mol. The molecule has 2 aromatic rings. The third-order valence-corrected chi connectivity index (χ3v) is 6.93. The van der Waals surface area contributed by atoms with Gasteiger partial charge in [-0.2, -0.15) is 0 Å². The Kier molecular flexibility index (Phi) is 8.20. The van der Waals surface area contributed by atoms with Gasteiger partial charge in [0.05, 0.1) is 19.1 Å². The second kappa shape index (κ2) is 11.3. The van der Waals surface area contributed by atoms with Crippen LogP contribution in [0.25, 0.3) is 11.2 Å². The minimum atomic E-state index is 0.00581. The maximum Gasteiger partial charge on any atom is 0.227 e. The average Bonchev–Trinajstić information content (AvgIpc) is 3.26. The molecule has 1 N–H and O–H groups in total. The molecule has 34 heavy (non-hydrogen) atoms. The first-order chi connectivity index (χ1) is 16.5. The number of piperidine rings is 1. The number of carbonyl (C=O) groups excluding carboxylic acids is 1. The number of hydrogen-bond donors (Lipinski definition) is 1. The topological polar surface area (TPSA) is 91.7 Å². The summed E-state index contributed by atoms with van der Waals surface area (Å²) in [5.74, 6) is 1.92. The summed E-state index contributed by atoms with van der Waals surface area (Å²) in [7, 11) is 0. The molecule has 10 nitrogen and oxygen atoms in total. The Morgan fingerprint density at radius 2 is 1.97 bits per heavy atom. The Bertz CT molecular complexity index is 952. The smallest absolute Gasteiger partial charge is 0.227 e. The molecular formula is C24H40N8O2. The largest absolute Gasteiger partial charge is 0.379 e. The average molecular weight is 473 g/mol. The molecule has 1 unspecified atom stereocenters. The molecule has 2 fully saturated rings. The molecule has 0 saturated carbocycles. The summed E-state index contributed by atoms with van der Waals surface area (Å²) in [6.45, 7) is 16.8. The van der Waals surface area contributed by atoms with E-state index in [0.29, 0.717) is 6.54 Å². The van der Waals surface area contributed by atoms with Crippen molar-refractivity contribution >= 4 is 28.8 Å². The van der Waals surface area contributed by atoms with Crippen LogP contribution in [0.15, 0.2) is 6.33 Å². The highest BCUT2D eigenvalue weighted by atomic mass is 16.5. The number of amides is 1. The van der Waals surface area contributed by atoms with Crippen molar-refractivity contribution in [3.05, 3.63) is 6.33 Å². The van der Waals surface area contributed by atoms with E-state index in [2.05, 4.69) is 43.5 Å². The lowest BCUT2D eigenvalue weighted by Gasteiger charge is -2.35. The third kappa shape index (κ3) is 5.27. The SMILES string of the molecule is CCN(CC)C(=O)C1CCCN(c2nc3c(NCCN4CCOCC4)ncnc3n2C(C)C)C1. The molecule has 2 aliphatic heterocycles. The van der Waals surface area contributed by atoms with Crippen LogP contribution >= 0.6 is 0 Å². The van der Waals surface area contributed by atoms with Crippen molar-refractivity contribution < 1.29 is 9.53 Å². The summed E-state index contributed by atoms with van der Waals surface area (Å²) in [4.78, 5) is 33.8. The first-order valence-electron chi connectivity index (χ1n) is 12.8. The van der Waals surface area contributed by atoms with E-state index in [4.69, 9.17) is 9.72 Å². The van der Waals surface area contributed by atoms with E-state index in [1.807, 2.05) is 18.7 Å². The fourth-order valence-corrected chi connectivity index (χ4v) is 5.04. The van der Waals surface area contributed by atoms with Gasteiger partial charge in [0.15, 0.2) is 17.0 Å². The number of ether oxygens (including phenoxy) is 1. The standard InChI is InChI=1S/C24H40N8O2/c1-5-30(6-2)23(33)19-8-7-10-31(16-19)24-28-20-21(25-9-11-29-12-14-34-15-13-29)26-17-27-22(20)32(24)18(3)4/h17-19H,5-16H2,1-4H3,(H,25,26,27). The van der Waals surface area contributed by atoms with Crippen molar-refractivity contribution in [2.75, 3.05) is 75.8 Å². The second-order valence-electron chi connectivity index (χ2n) is 9.45. The number of nitrogens with one attached hydrogen (secondary N) is 1. The van der Waals surface area contributed by atoms with Gasteiger partial charge in [-0.3, -0.25) is 14.3 Å². The Morgan fingerprint density at radius 1 is 1.21 bits per heavy atom. The maximum absolute atomic E-state index is 13.1. The van der Waals surface area contributed by atoms with Gasteiger partial charge in [0.25, 0.3) is 0 Å². The summed E-state index contributed by atoms with van der Waals surface area (Å²) in [6, 6.07) is 0.190. The minimum absolute atomic E-state index is 0.00581. The molecule has 1 amide bonds. The molecule has 1 atom stereocenters. The first kappa shape index (κ1) is 24.7. The number of imidazole rings is 1. The van der Waals surface area contributed by atoms with E-state index in [-0.39, 0.29) is 17.9 Å². The lowest BCUT2D eigenvalue weighted by Crippen LogP contribution is -2.45. The quantitative estimate of drug-likeness (QED) is 0.594. The summed E-state index contributed by atoms with van der Waals surface area (Å²) in [5.41, 5.74) is 1.64. The first-order valence-corrected chi connectivity index (χ1v) is 12.8. The van der Waals surface area contributed by atoms with Crippen molar-refractivity contribution in [1.82, 2.24) is 29.3 Å². The number of morpholine rings is 1. The van der Waals surface area contributed by atoms with E-state index in [9.17, 15) is 4.79 Å². The molecule has 4 rings (SSSR count). The molecule has 4 heterocycles. The van der Waals surface area contributed by atoms with Gasteiger partial charge < -0.3 is 19.9 Å². The lowest BCUT2D eigenvalue weighted by molar-refractivity contribution is -0.135. The predicted octanol–water partition coefficient (Wildman–Crippen LogP) is 2.24. The Balaban J connectivity index is 1.55. The molecule has 0 aliphatic carbocycles. The van der Waals surface area contributed by atoms with Crippen LogP contribution < -0.4 is 10.2 Å². The molecule has 10 heteroatoms. The number of hydrogen-bond acceptors (Lipinski definition) is 8. The number of rotatable bonds is 9. The predicted molar refractivity (Wildman–Crippen MR) is 134 cm³/mol. The zero-order chi connectivity index (χ0) is 24.1. The molecule has 0 spiro atoms. The van der Waals surface area contributed by atoms with Gasteiger partial charge in [0, 0.05) is 58.4 Å². The van der Waals surface area contributed by atoms with Crippen molar-refractivity contribution in [3.63, 3.8) is 0 Å². The van der Waals surface area contributed by atoms with Crippen molar-refractivity contribution in [2.24, 2.45) is 5.92 Å². The Morgan fingerprint density at radius 3 is 2.68 bits per heavy atom. The van der Waals surface area contributed by atoms with E-state index in [1.54, 1.807) is 6.33 Å². The highest BCUT2D eigenvalue weighted by Gasteiger charge is 2.31. The molecule has 2 saturated heterocycles. The minimum Gasteiger partial charge on any atom is -0.379 e. The van der Waals surface area contributed by atoms with Crippen LogP contribution in [-0.4, -0.2) is 101 Å². The molecular weight excluding hydrogens is 432 g/mol. The van der Waals surface area contributed by atoms with Gasteiger partial charge >= 0.3 is 0 Å². The molecule has 188 valence electrons. The van der Waals surface area contributed by atoms with Crippen LogP contribution in [0.5, 0.6) is 0 Å². The van der Waals surface area contributed by atoms with Crippen molar-refractivity contribution in [1.29, 1.82) is 0 Å². The van der Waals surface area contributed by atoms with E-state index in [0.717, 1.165) is 94.8 Å². The van der Waals surface area contributed by atoms with Gasteiger partial charge in [0.2, 0.25) is 11.9 Å². The fourth-order valence-electron chi connectivity index (χ4n) is 5.04. The highest BCUT2D eigenvalue weighted by molar-refractivity contribution is 5.86. The lowest BCUT2D eigenvalue weighted by atomic mass is 9.96. The fraction of sp³-hybridized carbons (Fsp3) is 0.750. The summed E-state index contributed by atoms with van der Waals surface area (Å²) in [6.07, 6.45) is 3.53. The number of carbonyl (C=O) groups is 1. The van der Waals surface area contributed by atoms with E-state index >= 15 is 0 Å². The Labute approximate surface area is 202 Å². The van der Waals surface area contributed by atoms with Gasteiger partial charge in [-0.15, -0.1) is 0 Å². The van der Waals surface area contributed by atoms with Crippen LogP contribution in [0, 0.1) is 5.92 Å². The second-order valence-corrected chi connectivity index (χ2v) is 9.45. The third-order valence-electron chi connectivity index (χ3n) is 6.93. The van der Waals surface area contributed by atoms with Gasteiger partial charge in [0.1, 0.15) is 6.33 Å². The van der Waals surface area contributed by atoms with Crippen molar-refractivity contribution in [3.8, 4) is 0 Å². The molecule has 2 aliphatic rings. The summed E-state index contributed by atoms with van der Waals surface area (Å²) >= 11 is 0. The normalized spacial score (nSPS) is 19.7. The van der Waals surface area contributed by atoms with Gasteiger partial charge in [-0.05, 0) is 40.5 Å². The Hall–Kier alpha value is -2.46. The molecule has 0 bridgehead atoms. The van der Waals surface area contributed by atoms with E-state index < -0.39 is 0 Å². The zero-order valence-electron chi connectivity index (χ0n) is 21.2. The van der Waals surface area contributed by atoms with Crippen LogP contribution in [0.3, 0.4) is 0 Å². The van der Waals surface area contributed by atoms with Crippen LogP contribution in [-0.2, 0) is 9.53 Å². The number of nitrogens with zero attached hydrogens (tertiary/aromatic N) is 7. The summed E-state index contributed by atoms with van der Waals surface area (Å²) < 4.78 is 7.63. The molecule has 0 aromatic carbocycles. The number of aromatic nitrogens is 4. The van der Waals surface area contributed by atoms with Gasteiger partial charge in [-0.1, -0.05) is 0 Å².